The van der Waals surface area contributed by atoms with Crippen molar-refractivity contribution in [2.45, 2.75) is 108 Å². The van der Waals surface area contributed by atoms with Gasteiger partial charge in [0.1, 0.15) is 6.04 Å². The van der Waals surface area contributed by atoms with Gasteiger partial charge in [-0.15, -0.1) is 11.3 Å². The first-order valence-corrected chi connectivity index (χ1v) is 22.6. The van der Waals surface area contributed by atoms with Crippen molar-refractivity contribution in [3.8, 4) is 0 Å². The molecule has 1 saturated carbocycles. The van der Waals surface area contributed by atoms with Gasteiger partial charge in [-0.05, 0) is 133 Å². The third-order valence-corrected chi connectivity index (χ3v) is 15.5. The summed E-state index contributed by atoms with van der Waals surface area (Å²) in [6.45, 7) is 11.7. The van der Waals surface area contributed by atoms with Crippen molar-refractivity contribution in [3.63, 3.8) is 0 Å². The number of thiazole rings is 1. The van der Waals surface area contributed by atoms with Crippen LogP contribution >= 0.6 is 11.3 Å². The molecule has 4 aromatic rings. The maximum atomic E-state index is 13.5. The summed E-state index contributed by atoms with van der Waals surface area (Å²) < 4.78 is 8.29. The summed E-state index contributed by atoms with van der Waals surface area (Å²) >= 11 is 1.90. The highest BCUT2D eigenvalue weighted by atomic mass is 32.1. The Labute approximate surface area is 349 Å². The number of amides is 4. The Bertz CT molecular complexity index is 2360. The van der Waals surface area contributed by atoms with Crippen molar-refractivity contribution in [1.29, 1.82) is 0 Å². The van der Waals surface area contributed by atoms with E-state index in [2.05, 4.69) is 77.6 Å². The number of fused-ring (bicyclic) bond motifs is 7. The van der Waals surface area contributed by atoms with E-state index in [1.807, 2.05) is 17.4 Å². The van der Waals surface area contributed by atoms with E-state index < -0.39 is 35.1 Å². The van der Waals surface area contributed by atoms with E-state index in [1.165, 1.54) is 64.3 Å². The Kier molecular flexibility index (Phi) is 9.68. The van der Waals surface area contributed by atoms with Crippen molar-refractivity contribution in [2.75, 3.05) is 42.9 Å². The summed E-state index contributed by atoms with van der Waals surface area (Å²) in [5, 5.41) is 7.00. The molecule has 3 aromatic carbocycles. The van der Waals surface area contributed by atoms with Crippen LogP contribution in [0, 0.1) is 11.8 Å². The van der Waals surface area contributed by atoms with Crippen LogP contribution < -0.4 is 15.5 Å². The standard InChI is InChI=1S/C47H54N6O5S/c1-46(2)34-25-36-39(26-38(34)52-24-20-30-7-4-5-9-33(30)47(52,3)58-46)59-43(49-36)31-13-11-29(12-14-31)27-51-22-18-28(19-23-51)17-21-48-35-10-6-8-32-41(35)45(57)53(44(32)56)37-15-16-40(54)50-42(37)55/h4-10,25-26,28-29,31,37,48H,11-24,27H2,1-3H3,(H,50,54,55). The largest absolute Gasteiger partial charge is 0.384 e. The lowest BCUT2D eigenvalue weighted by atomic mass is 9.81. The number of benzene rings is 3. The fraction of sp³-hybridized carbons (Fsp3) is 0.511. The van der Waals surface area contributed by atoms with E-state index in [4.69, 9.17) is 9.72 Å². The second-order valence-corrected chi connectivity index (χ2v) is 19.5. The number of rotatable bonds is 8. The summed E-state index contributed by atoms with van der Waals surface area (Å²) in [6, 6.07) is 17.8. The lowest BCUT2D eigenvalue weighted by molar-refractivity contribution is -0.155. The van der Waals surface area contributed by atoms with Gasteiger partial charge in [0.25, 0.3) is 11.8 Å². The Morgan fingerprint density at radius 3 is 2.44 bits per heavy atom. The van der Waals surface area contributed by atoms with Gasteiger partial charge in [0.15, 0.2) is 5.72 Å². The van der Waals surface area contributed by atoms with Gasteiger partial charge in [0.05, 0.1) is 32.0 Å². The summed E-state index contributed by atoms with van der Waals surface area (Å²) in [7, 11) is 0. The molecule has 1 aromatic heterocycles. The van der Waals surface area contributed by atoms with E-state index in [9.17, 15) is 19.2 Å². The van der Waals surface area contributed by atoms with E-state index in [1.54, 1.807) is 12.1 Å². The van der Waals surface area contributed by atoms with Crippen LogP contribution in [-0.4, -0.2) is 77.2 Å². The van der Waals surface area contributed by atoms with Gasteiger partial charge >= 0.3 is 0 Å². The van der Waals surface area contributed by atoms with Crippen LogP contribution in [0.5, 0.6) is 0 Å². The zero-order valence-electron chi connectivity index (χ0n) is 34.4. The lowest BCUT2D eigenvalue weighted by Crippen LogP contribution is -2.57. The molecule has 12 heteroatoms. The number of nitrogens with one attached hydrogen (secondary N) is 2. The number of ether oxygens (including phenoxy) is 1. The van der Waals surface area contributed by atoms with Gasteiger partial charge in [0, 0.05) is 54.5 Å². The highest BCUT2D eigenvalue weighted by Crippen LogP contribution is 2.53. The zero-order chi connectivity index (χ0) is 40.6. The monoisotopic (exact) mass is 814 g/mol. The summed E-state index contributed by atoms with van der Waals surface area (Å²) in [4.78, 5) is 62.3. The molecule has 2 unspecified atom stereocenters. The molecule has 4 amide bonds. The maximum absolute atomic E-state index is 13.5. The van der Waals surface area contributed by atoms with Crippen LogP contribution in [0.15, 0.2) is 54.6 Å². The minimum absolute atomic E-state index is 0.104. The molecular formula is C47H54N6O5S. The third-order valence-electron chi connectivity index (χ3n) is 14.3. The average Bonchev–Trinajstić information content (AvgIpc) is 3.76. The Balaban J connectivity index is 0.711. The van der Waals surface area contributed by atoms with E-state index in [0.717, 1.165) is 61.7 Å². The van der Waals surface area contributed by atoms with E-state index in [-0.39, 0.29) is 18.7 Å². The Hall–Kier alpha value is -4.65. The second-order valence-electron chi connectivity index (χ2n) is 18.4. The topological polar surface area (TPSA) is 124 Å². The number of carbonyl (C=O) groups is 4. The van der Waals surface area contributed by atoms with Gasteiger partial charge in [-0.3, -0.25) is 29.4 Å². The van der Waals surface area contributed by atoms with Gasteiger partial charge in [-0.2, -0.15) is 0 Å². The predicted molar refractivity (Wildman–Crippen MR) is 229 cm³/mol. The number of hydrogen-bond donors (Lipinski definition) is 2. The summed E-state index contributed by atoms with van der Waals surface area (Å²) in [5.74, 6) is -0.0682. The van der Waals surface area contributed by atoms with Crippen molar-refractivity contribution in [3.05, 3.63) is 87.4 Å². The number of anilines is 2. The molecule has 0 spiro atoms. The maximum Gasteiger partial charge on any atom is 0.264 e. The first-order valence-electron chi connectivity index (χ1n) is 21.8. The van der Waals surface area contributed by atoms with Crippen molar-refractivity contribution in [2.24, 2.45) is 11.8 Å². The van der Waals surface area contributed by atoms with Gasteiger partial charge < -0.3 is 19.9 Å². The van der Waals surface area contributed by atoms with E-state index in [0.29, 0.717) is 35.2 Å². The summed E-state index contributed by atoms with van der Waals surface area (Å²) in [6.07, 6.45) is 9.46. The predicted octanol–water partition coefficient (Wildman–Crippen LogP) is 7.69. The van der Waals surface area contributed by atoms with Gasteiger partial charge in [-0.25, -0.2) is 4.98 Å². The molecule has 1 aliphatic carbocycles. The molecule has 2 N–H and O–H groups in total. The van der Waals surface area contributed by atoms with Gasteiger partial charge in [0.2, 0.25) is 11.8 Å². The lowest BCUT2D eigenvalue weighted by Gasteiger charge is -2.55. The fourth-order valence-corrected chi connectivity index (χ4v) is 12.3. The number of piperidine rings is 2. The van der Waals surface area contributed by atoms with Crippen LogP contribution in [0.1, 0.15) is 127 Å². The summed E-state index contributed by atoms with van der Waals surface area (Å²) in [5.41, 5.74) is 6.61. The smallest absolute Gasteiger partial charge is 0.264 e. The first kappa shape index (κ1) is 38.5. The number of nitrogens with zero attached hydrogens (tertiary/aromatic N) is 4. The molecule has 0 radical (unpaired) electrons. The van der Waals surface area contributed by atoms with Crippen LogP contribution in [0.3, 0.4) is 0 Å². The molecule has 5 aliphatic heterocycles. The van der Waals surface area contributed by atoms with Crippen molar-refractivity contribution >= 4 is 56.6 Å². The third kappa shape index (κ3) is 6.75. The molecule has 6 aliphatic rings. The molecule has 2 atom stereocenters. The number of aromatic nitrogens is 1. The second kappa shape index (κ2) is 14.8. The number of imide groups is 2. The molecule has 3 fully saturated rings. The molecule has 10 rings (SSSR count). The molecule has 6 heterocycles. The Morgan fingerprint density at radius 1 is 0.847 bits per heavy atom. The van der Waals surface area contributed by atoms with Crippen molar-refractivity contribution < 1.29 is 23.9 Å². The van der Waals surface area contributed by atoms with E-state index >= 15 is 0 Å². The highest BCUT2D eigenvalue weighted by Gasteiger charge is 2.50. The molecule has 2 saturated heterocycles. The number of carbonyl (C=O) groups excluding carboxylic acids is 4. The molecule has 0 bridgehead atoms. The van der Waals surface area contributed by atoms with Crippen LogP contribution in [0.2, 0.25) is 0 Å². The average molecular weight is 815 g/mol. The SMILES string of the molecule is CC1(C)OC2(C)c3ccccc3CCN2c2cc3sc(C4CCC(CN5CCC(CCNc6cccc7c6C(=O)N(C6CCC(=O)NC6=O)C7=O)CC5)CC4)nc3cc21. The minimum atomic E-state index is -0.964. The van der Waals surface area contributed by atoms with Crippen LogP contribution in [0.4, 0.5) is 11.4 Å². The Morgan fingerprint density at radius 2 is 1.64 bits per heavy atom. The minimum Gasteiger partial charge on any atom is -0.384 e. The number of hydrogen-bond acceptors (Lipinski definition) is 10. The zero-order valence-corrected chi connectivity index (χ0v) is 35.2. The quantitative estimate of drug-likeness (QED) is 0.173. The molecule has 59 heavy (non-hydrogen) atoms. The number of likely N-dealkylation sites (tertiary alicyclic amines) is 1. The normalized spacial score (nSPS) is 27.0. The van der Waals surface area contributed by atoms with Crippen molar-refractivity contribution in [1.82, 2.24) is 20.1 Å². The highest BCUT2D eigenvalue weighted by molar-refractivity contribution is 7.18. The van der Waals surface area contributed by atoms with Gasteiger partial charge in [-0.1, -0.05) is 30.3 Å². The van der Waals surface area contributed by atoms with Crippen LogP contribution in [-0.2, 0) is 32.1 Å². The fourth-order valence-electron chi connectivity index (χ4n) is 11.1. The molecule has 11 nitrogen and oxygen atoms in total. The molecule has 308 valence electrons. The molecular weight excluding hydrogens is 761 g/mol. The van der Waals surface area contributed by atoms with Crippen LogP contribution in [0.25, 0.3) is 10.2 Å². The first-order chi connectivity index (χ1) is 28.5.